The van der Waals surface area contributed by atoms with Crippen LogP contribution >= 0.6 is 0 Å². The van der Waals surface area contributed by atoms with E-state index < -0.39 is 0 Å². The second-order valence-electron chi connectivity index (χ2n) is 6.80. The largest absolute Gasteiger partial charge is 0.494 e. The maximum Gasteiger partial charge on any atom is 0.189 e. The van der Waals surface area contributed by atoms with Crippen molar-refractivity contribution in [2.24, 2.45) is 10.7 Å². The van der Waals surface area contributed by atoms with E-state index in [1.165, 1.54) is 5.56 Å². The van der Waals surface area contributed by atoms with E-state index in [4.69, 9.17) is 20.2 Å². The van der Waals surface area contributed by atoms with E-state index in [1.54, 1.807) is 0 Å². The molecule has 1 heterocycles. The Morgan fingerprint density at radius 1 is 1.27 bits per heavy atom. The molecule has 0 bridgehead atoms. The third kappa shape index (κ3) is 3.62. The SMILES string of the molecule is CCOc1cccc([C@@H]2C[C@H]2NC(N)=NC2CCOc3ccccc32)c1. The molecule has 0 spiro atoms. The highest BCUT2D eigenvalue weighted by Crippen LogP contribution is 2.42. The standard InChI is InChI=1S/C21H25N3O2/c1-2-25-15-7-5-6-14(12-15)17-13-19(17)24-21(22)23-18-10-11-26-20-9-4-3-8-16(18)20/h3-9,12,17-19H,2,10-11,13H2,1H3,(H3,22,23,24)/t17-,18?,19+/m0/s1. The molecule has 5 heteroatoms. The molecule has 26 heavy (non-hydrogen) atoms. The van der Waals surface area contributed by atoms with E-state index in [2.05, 4.69) is 23.5 Å². The molecule has 0 saturated heterocycles. The topological polar surface area (TPSA) is 68.9 Å². The summed E-state index contributed by atoms with van der Waals surface area (Å²) in [4.78, 5) is 4.71. The molecular formula is C21H25N3O2. The first-order chi connectivity index (χ1) is 12.7. The van der Waals surface area contributed by atoms with Gasteiger partial charge in [0.2, 0.25) is 0 Å². The Labute approximate surface area is 154 Å². The fourth-order valence-electron chi connectivity index (χ4n) is 3.58. The third-order valence-corrected chi connectivity index (χ3v) is 4.94. The number of para-hydroxylation sites is 1. The molecule has 136 valence electrons. The summed E-state index contributed by atoms with van der Waals surface area (Å²) in [6, 6.07) is 16.8. The maximum atomic E-state index is 6.19. The van der Waals surface area contributed by atoms with Crippen molar-refractivity contribution in [3.63, 3.8) is 0 Å². The first-order valence-corrected chi connectivity index (χ1v) is 9.29. The number of nitrogens with two attached hydrogens (primary N) is 1. The van der Waals surface area contributed by atoms with E-state index in [0.717, 1.165) is 29.9 Å². The predicted molar refractivity (Wildman–Crippen MR) is 103 cm³/mol. The maximum absolute atomic E-state index is 6.19. The van der Waals surface area contributed by atoms with Gasteiger partial charge in [0, 0.05) is 23.9 Å². The number of hydrogen-bond donors (Lipinski definition) is 2. The van der Waals surface area contributed by atoms with Gasteiger partial charge in [-0.15, -0.1) is 0 Å². The Kier molecular flexibility index (Phi) is 4.69. The number of rotatable bonds is 5. The fourth-order valence-corrected chi connectivity index (χ4v) is 3.58. The van der Waals surface area contributed by atoms with Gasteiger partial charge in [-0.3, -0.25) is 0 Å². The molecule has 2 aromatic rings. The molecule has 1 aliphatic heterocycles. The van der Waals surface area contributed by atoms with E-state index >= 15 is 0 Å². The lowest BCUT2D eigenvalue weighted by Crippen LogP contribution is -2.35. The van der Waals surface area contributed by atoms with Gasteiger partial charge < -0.3 is 20.5 Å². The molecule has 4 rings (SSSR count). The highest BCUT2D eigenvalue weighted by Gasteiger charge is 2.39. The molecule has 2 aliphatic rings. The highest BCUT2D eigenvalue weighted by atomic mass is 16.5. The van der Waals surface area contributed by atoms with Crippen molar-refractivity contribution in [1.29, 1.82) is 0 Å². The number of benzene rings is 2. The lowest BCUT2D eigenvalue weighted by molar-refractivity contribution is 0.269. The highest BCUT2D eigenvalue weighted by molar-refractivity contribution is 5.79. The molecule has 0 amide bonds. The number of fused-ring (bicyclic) bond motifs is 1. The smallest absolute Gasteiger partial charge is 0.189 e. The second kappa shape index (κ2) is 7.28. The minimum Gasteiger partial charge on any atom is -0.494 e. The van der Waals surface area contributed by atoms with Gasteiger partial charge >= 0.3 is 0 Å². The normalized spacial score (nSPS) is 24.3. The number of nitrogens with one attached hydrogen (secondary N) is 1. The lowest BCUT2D eigenvalue weighted by Gasteiger charge is -2.23. The molecule has 0 radical (unpaired) electrons. The van der Waals surface area contributed by atoms with Crippen LogP contribution in [0.25, 0.3) is 0 Å². The van der Waals surface area contributed by atoms with Crippen LogP contribution in [-0.4, -0.2) is 25.2 Å². The quantitative estimate of drug-likeness (QED) is 0.640. The Balaban J connectivity index is 1.40. The Morgan fingerprint density at radius 3 is 3.04 bits per heavy atom. The summed E-state index contributed by atoms with van der Waals surface area (Å²) >= 11 is 0. The molecule has 1 aliphatic carbocycles. The Hall–Kier alpha value is -2.69. The molecule has 3 N–H and O–H groups in total. The second-order valence-corrected chi connectivity index (χ2v) is 6.80. The first kappa shape index (κ1) is 16.8. The predicted octanol–water partition coefficient (Wildman–Crippen LogP) is 3.37. The number of nitrogens with zero attached hydrogens (tertiary/aromatic N) is 1. The molecule has 1 saturated carbocycles. The van der Waals surface area contributed by atoms with Crippen LogP contribution in [0.2, 0.25) is 0 Å². The molecule has 1 fully saturated rings. The molecule has 2 aromatic carbocycles. The Morgan fingerprint density at radius 2 is 2.15 bits per heavy atom. The molecule has 0 aromatic heterocycles. The average molecular weight is 351 g/mol. The van der Waals surface area contributed by atoms with Crippen LogP contribution in [0.3, 0.4) is 0 Å². The lowest BCUT2D eigenvalue weighted by atomic mass is 10.0. The van der Waals surface area contributed by atoms with Gasteiger partial charge in [-0.2, -0.15) is 0 Å². The third-order valence-electron chi connectivity index (χ3n) is 4.94. The number of guanidine groups is 1. The number of hydrogen-bond acceptors (Lipinski definition) is 3. The Bertz CT molecular complexity index is 805. The summed E-state index contributed by atoms with van der Waals surface area (Å²) in [6.45, 7) is 3.36. The summed E-state index contributed by atoms with van der Waals surface area (Å²) in [7, 11) is 0. The summed E-state index contributed by atoms with van der Waals surface area (Å²) in [5.41, 5.74) is 8.59. The van der Waals surface area contributed by atoms with Crippen LogP contribution in [-0.2, 0) is 0 Å². The van der Waals surface area contributed by atoms with Crippen LogP contribution < -0.4 is 20.5 Å². The molecule has 3 atom stereocenters. The van der Waals surface area contributed by atoms with E-state index in [-0.39, 0.29) is 6.04 Å². The van der Waals surface area contributed by atoms with Crippen molar-refractivity contribution < 1.29 is 9.47 Å². The summed E-state index contributed by atoms with van der Waals surface area (Å²) in [6.07, 6.45) is 1.92. The number of ether oxygens (including phenoxy) is 2. The van der Waals surface area contributed by atoms with Crippen molar-refractivity contribution in [1.82, 2.24) is 5.32 Å². The van der Waals surface area contributed by atoms with Gasteiger partial charge in [-0.05, 0) is 37.1 Å². The van der Waals surface area contributed by atoms with Gasteiger partial charge in [0.15, 0.2) is 5.96 Å². The van der Waals surface area contributed by atoms with Gasteiger partial charge in [0.1, 0.15) is 11.5 Å². The number of aliphatic imine (C=N–C) groups is 1. The van der Waals surface area contributed by atoms with Crippen LogP contribution in [0.5, 0.6) is 11.5 Å². The summed E-state index contributed by atoms with van der Waals surface area (Å²) in [5.74, 6) is 2.82. The van der Waals surface area contributed by atoms with Gasteiger partial charge in [-0.1, -0.05) is 30.3 Å². The summed E-state index contributed by atoms with van der Waals surface area (Å²) < 4.78 is 11.3. The molecule has 1 unspecified atom stereocenters. The van der Waals surface area contributed by atoms with E-state index in [1.807, 2.05) is 37.3 Å². The monoisotopic (exact) mass is 351 g/mol. The van der Waals surface area contributed by atoms with Crippen molar-refractivity contribution in [3.8, 4) is 11.5 Å². The summed E-state index contributed by atoms with van der Waals surface area (Å²) in [5, 5.41) is 3.38. The zero-order chi connectivity index (χ0) is 17.9. The van der Waals surface area contributed by atoms with Crippen molar-refractivity contribution in [3.05, 3.63) is 59.7 Å². The minimum atomic E-state index is 0.0610. The van der Waals surface area contributed by atoms with Gasteiger partial charge in [0.05, 0.1) is 19.3 Å². The van der Waals surface area contributed by atoms with Crippen molar-refractivity contribution >= 4 is 5.96 Å². The molecule has 5 nitrogen and oxygen atoms in total. The van der Waals surface area contributed by atoms with Crippen molar-refractivity contribution in [2.75, 3.05) is 13.2 Å². The van der Waals surface area contributed by atoms with E-state index in [0.29, 0.717) is 31.1 Å². The first-order valence-electron chi connectivity index (χ1n) is 9.29. The van der Waals surface area contributed by atoms with Crippen LogP contribution in [0, 0.1) is 0 Å². The zero-order valence-electron chi connectivity index (χ0n) is 15.0. The van der Waals surface area contributed by atoms with Crippen molar-refractivity contribution in [2.45, 2.75) is 37.8 Å². The van der Waals surface area contributed by atoms with Gasteiger partial charge in [-0.25, -0.2) is 4.99 Å². The molecular weight excluding hydrogens is 326 g/mol. The van der Waals surface area contributed by atoms with Gasteiger partial charge in [0.25, 0.3) is 0 Å². The van der Waals surface area contributed by atoms with E-state index in [9.17, 15) is 0 Å². The van der Waals surface area contributed by atoms with Crippen LogP contribution in [0.4, 0.5) is 0 Å². The minimum absolute atomic E-state index is 0.0610. The average Bonchev–Trinajstić information content (AvgIpc) is 3.41. The van der Waals surface area contributed by atoms with Crippen LogP contribution in [0.1, 0.15) is 42.9 Å². The van der Waals surface area contributed by atoms with Crippen LogP contribution in [0.15, 0.2) is 53.5 Å². The fraction of sp³-hybridized carbons (Fsp3) is 0.381. The zero-order valence-corrected chi connectivity index (χ0v) is 15.0.